The minimum Gasteiger partial charge on any atom is -0.368 e. The highest BCUT2D eigenvalue weighted by Crippen LogP contribution is 2.41. The highest BCUT2D eigenvalue weighted by atomic mass is 19.4. The summed E-state index contributed by atoms with van der Waals surface area (Å²) in [6, 6.07) is 6.59. The van der Waals surface area contributed by atoms with Gasteiger partial charge in [0.1, 0.15) is 11.4 Å². The molecular weight excluding hydrogens is 593 g/mol. The Hall–Kier alpha value is -4.29. The standard InChI is InChI=1S/C31H29F7N4O2/c1-16-10-20(32)6-7-21(16)22-14-24(23-8-9-29(4,41-23)26(39)43)40-15-25(22)42(5)27(44)28(2,3)17-11-18(30(33,34)35)13-19(12-17)31(36,37)38/h6-7,10-15H,8-9H2,1-5H3,(H2,39,43). The zero-order valence-corrected chi connectivity index (χ0v) is 24.4. The van der Waals surface area contributed by atoms with Gasteiger partial charge < -0.3 is 10.6 Å². The summed E-state index contributed by atoms with van der Waals surface area (Å²) in [4.78, 5) is 35.8. The number of hydrogen-bond acceptors (Lipinski definition) is 4. The van der Waals surface area contributed by atoms with E-state index in [0.717, 1.165) is 4.90 Å². The van der Waals surface area contributed by atoms with Crippen LogP contribution in [0.5, 0.6) is 0 Å². The first-order chi connectivity index (χ1) is 20.1. The second-order valence-electron chi connectivity index (χ2n) is 11.5. The molecule has 3 aromatic rings. The van der Waals surface area contributed by atoms with E-state index in [4.69, 9.17) is 5.73 Å². The first kappa shape index (κ1) is 32.6. The Morgan fingerprint density at radius 2 is 1.48 bits per heavy atom. The van der Waals surface area contributed by atoms with Crippen LogP contribution in [0.1, 0.15) is 61.6 Å². The molecule has 0 spiro atoms. The molecule has 1 aliphatic rings. The summed E-state index contributed by atoms with van der Waals surface area (Å²) in [6.07, 6.45) is -8.16. The van der Waals surface area contributed by atoms with Crippen molar-refractivity contribution in [3.63, 3.8) is 0 Å². The van der Waals surface area contributed by atoms with E-state index in [-0.39, 0.29) is 11.8 Å². The Balaban J connectivity index is 1.85. The predicted molar refractivity (Wildman–Crippen MR) is 151 cm³/mol. The maximum atomic E-state index is 14.0. The average molecular weight is 623 g/mol. The second-order valence-corrected chi connectivity index (χ2v) is 11.5. The summed E-state index contributed by atoms with van der Waals surface area (Å²) in [5.74, 6) is -1.97. The molecule has 0 radical (unpaired) electrons. The van der Waals surface area contributed by atoms with E-state index in [0.29, 0.717) is 53.1 Å². The topological polar surface area (TPSA) is 88.7 Å². The zero-order valence-electron chi connectivity index (χ0n) is 24.4. The van der Waals surface area contributed by atoms with Gasteiger partial charge in [-0.25, -0.2) is 4.39 Å². The number of aryl methyl sites for hydroxylation is 1. The predicted octanol–water partition coefficient (Wildman–Crippen LogP) is 7.00. The minimum atomic E-state index is -5.10. The van der Waals surface area contributed by atoms with Gasteiger partial charge in [-0.3, -0.25) is 19.6 Å². The van der Waals surface area contributed by atoms with Crippen molar-refractivity contribution in [3.05, 3.63) is 82.4 Å². The molecule has 2 amide bonds. The molecule has 6 nitrogen and oxygen atoms in total. The highest BCUT2D eigenvalue weighted by molar-refractivity contribution is 6.07. The van der Waals surface area contributed by atoms with Crippen molar-refractivity contribution in [3.8, 4) is 11.1 Å². The van der Waals surface area contributed by atoms with Gasteiger partial charge >= 0.3 is 12.4 Å². The first-order valence-corrected chi connectivity index (χ1v) is 13.4. The smallest absolute Gasteiger partial charge is 0.368 e. The van der Waals surface area contributed by atoms with Crippen LogP contribution in [0.2, 0.25) is 0 Å². The number of hydrogen-bond donors (Lipinski definition) is 1. The Kier molecular flexibility index (Phi) is 8.16. The van der Waals surface area contributed by atoms with Crippen LogP contribution in [0.3, 0.4) is 0 Å². The van der Waals surface area contributed by atoms with Crippen molar-refractivity contribution in [1.82, 2.24) is 4.98 Å². The molecule has 234 valence electrons. The largest absolute Gasteiger partial charge is 0.416 e. The summed E-state index contributed by atoms with van der Waals surface area (Å²) in [6.45, 7) is 5.68. The van der Waals surface area contributed by atoms with Crippen molar-refractivity contribution in [2.45, 2.75) is 63.8 Å². The Morgan fingerprint density at radius 1 is 0.909 bits per heavy atom. The van der Waals surface area contributed by atoms with Crippen molar-refractivity contribution >= 4 is 23.2 Å². The van der Waals surface area contributed by atoms with Crippen LogP contribution in [0.4, 0.5) is 36.4 Å². The van der Waals surface area contributed by atoms with Gasteiger partial charge in [0.15, 0.2) is 0 Å². The van der Waals surface area contributed by atoms with Crippen LogP contribution in [-0.4, -0.2) is 35.1 Å². The van der Waals surface area contributed by atoms with Gasteiger partial charge in [0.05, 0.1) is 39.8 Å². The average Bonchev–Trinajstić information content (AvgIpc) is 3.34. The van der Waals surface area contributed by atoms with E-state index < -0.39 is 57.6 Å². The fourth-order valence-corrected chi connectivity index (χ4v) is 5.12. The third-order valence-electron chi connectivity index (χ3n) is 7.93. The summed E-state index contributed by atoms with van der Waals surface area (Å²) in [5, 5.41) is 0. The minimum absolute atomic E-state index is 0.000783. The molecule has 1 aromatic heterocycles. The van der Waals surface area contributed by atoms with Gasteiger partial charge in [-0.15, -0.1) is 0 Å². The second kappa shape index (κ2) is 11.0. The lowest BCUT2D eigenvalue weighted by Crippen LogP contribution is -2.42. The normalized spacial score (nSPS) is 17.4. The van der Waals surface area contributed by atoms with Gasteiger partial charge in [0.25, 0.3) is 0 Å². The monoisotopic (exact) mass is 622 g/mol. The molecule has 44 heavy (non-hydrogen) atoms. The lowest BCUT2D eigenvalue weighted by atomic mass is 9.81. The zero-order chi connectivity index (χ0) is 33.0. The third kappa shape index (κ3) is 6.18. The SMILES string of the molecule is Cc1cc(F)ccc1-c1cc(C2=NC(C)(C(N)=O)CC2)ncc1N(C)C(=O)C(C)(C)c1cc(C(F)(F)F)cc(C(F)(F)F)c1. The van der Waals surface area contributed by atoms with Crippen LogP contribution in [0, 0.1) is 12.7 Å². The number of pyridine rings is 1. The number of nitrogens with two attached hydrogens (primary N) is 1. The number of alkyl halides is 6. The maximum absolute atomic E-state index is 14.0. The van der Waals surface area contributed by atoms with Crippen molar-refractivity contribution in [2.24, 2.45) is 10.7 Å². The summed E-state index contributed by atoms with van der Waals surface area (Å²) in [5.41, 5.74) is 1.22. The number of aromatic nitrogens is 1. The molecule has 1 aliphatic heterocycles. The number of carbonyl (C=O) groups is 2. The molecule has 2 heterocycles. The molecule has 13 heteroatoms. The molecule has 2 aromatic carbocycles. The first-order valence-electron chi connectivity index (χ1n) is 13.4. The number of carbonyl (C=O) groups excluding carboxylic acids is 2. The third-order valence-corrected chi connectivity index (χ3v) is 7.93. The number of rotatable bonds is 6. The van der Waals surface area contributed by atoms with Crippen LogP contribution >= 0.6 is 0 Å². The molecular formula is C31H29F7N4O2. The maximum Gasteiger partial charge on any atom is 0.416 e. The molecule has 1 atom stereocenters. The molecule has 2 N–H and O–H groups in total. The van der Waals surface area contributed by atoms with Crippen molar-refractivity contribution in [2.75, 3.05) is 11.9 Å². The van der Waals surface area contributed by atoms with Crippen LogP contribution in [-0.2, 0) is 27.4 Å². The van der Waals surface area contributed by atoms with E-state index in [2.05, 4.69) is 9.98 Å². The molecule has 4 rings (SSSR count). The van der Waals surface area contributed by atoms with Crippen LogP contribution in [0.25, 0.3) is 11.1 Å². The molecule has 0 fully saturated rings. The lowest BCUT2D eigenvalue weighted by Gasteiger charge is -2.32. The van der Waals surface area contributed by atoms with E-state index in [9.17, 15) is 40.3 Å². The number of benzene rings is 2. The van der Waals surface area contributed by atoms with Gasteiger partial charge in [0, 0.05) is 12.6 Å². The Labute approximate surface area is 248 Å². The van der Waals surface area contributed by atoms with Gasteiger partial charge in [0.2, 0.25) is 11.8 Å². The molecule has 0 bridgehead atoms. The number of amides is 2. The van der Waals surface area contributed by atoms with Crippen molar-refractivity contribution < 1.29 is 40.3 Å². The van der Waals surface area contributed by atoms with E-state index >= 15 is 0 Å². The summed E-state index contributed by atoms with van der Waals surface area (Å²) < 4.78 is 95.5. The fraction of sp³-hybridized carbons (Fsp3) is 0.355. The van der Waals surface area contributed by atoms with Gasteiger partial charge in [-0.05, 0) is 93.6 Å². The van der Waals surface area contributed by atoms with Crippen LogP contribution < -0.4 is 10.6 Å². The lowest BCUT2D eigenvalue weighted by molar-refractivity contribution is -0.143. The van der Waals surface area contributed by atoms with Crippen molar-refractivity contribution in [1.29, 1.82) is 0 Å². The Bertz CT molecular complexity index is 1650. The van der Waals surface area contributed by atoms with Gasteiger partial charge in [-0.2, -0.15) is 26.3 Å². The summed E-state index contributed by atoms with van der Waals surface area (Å²) in [7, 11) is 1.32. The molecule has 0 aliphatic carbocycles. The van der Waals surface area contributed by atoms with Crippen LogP contribution in [0.15, 0.2) is 53.7 Å². The summed E-state index contributed by atoms with van der Waals surface area (Å²) >= 11 is 0. The number of halogens is 7. The molecule has 1 unspecified atom stereocenters. The fourth-order valence-electron chi connectivity index (χ4n) is 5.12. The highest BCUT2D eigenvalue weighted by Gasteiger charge is 2.42. The number of primary amides is 1. The molecule has 0 saturated heterocycles. The quantitative estimate of drug-likeness (QED) is 0.300. The van der Waals surface area contributed by atoms with Gasteiger partial charge in [-0.1, -0.05) is 6.07 Å². The molecule has 0 saturated carbocycles. The van der Waals surface area contributed by atoms with E-state index in [1.54, 1.807) is 19.9 Å². The number of likely N-dealkylation sites (N-methyl/N-ethyl adjacent to an activating group) is 1. The van der Waals surface area contributed by atoms with E-state index in [1.165, 1.54) is 45.3 Å². The van der Waals surface area contributed by atoms with E-state index in [1.807, 2.05) is 0 Å². The number of anilines is 1. The Morgan fingerprint density at radius 3 is 1.98 bits per heavy atom. The number of aliphatic imine (C=N–C) groups is 1. The number of nitrogens with zero attached hydrogens (tertiary/aromatic N) is 3.